The molecule has 0 saturated carbocycles. The Bertz CT molecular complexity index is 546. The number of unbranched alkanes of at least 4 members (excludes halogenated alkanes) is 1. The van der Waals surface area contributed by atoms with Crippen LogP contribution in [0.1, 0.15) is 61.1 Å². The van der Waals surface area contributed by atoms with Crippen LogP contribution < -0.4 is 5.56 Å². The summed E-state index contributed by atoms with van der Waals surface area (Å²) in [5.74, 6) is -0.0811. The van der Waals surface area contributed by atoms with E-state index in [2.05, 4.69) is 13.8 Å². The highest BCUT2D eigenvalue weighted by Gasteiger charge is 2.19. The van der Waals surface area contributed by atoms with E-state index in [0.29, 0.717) is 18.0 Å². The summed E-state index contributed by atoms with van der Waals surface area (Å²) in [6.45, 7) is 8.69. The maximum atomic E-state index is 12.6. The van der Waals surface area contributed by atoms with Crippen molar-refractivity contribution >= 4 is 5.97 Å². The number of hydrogen-bond acceptors (Lipinski definition) is 3. The van der Waals surface area contributed by atoms with Gasteiger partial charge in [0.1, 0.15) is 5.56 Å². The topological polar surface area (TPSA) is 48.3 Å². The normalized spacial score (nSPS) is 12.2. The van der Waals surface area contributed by atoms with Gasteiger partial charge in [-0.15, -0.1) is 0 Å². The Morgan fingerprint density at radius 2 is 2.00 bits per heavy atom. The van der Waals surface area contributed by atoms with Gasteiger partial charge in [-0.3, -0.25) is 4.79 Å². The third-order valence-corrected chi connectivity index (χ3v) is 4.08. The fourth-order valence-electron chi connectivity index (χ4n) is 2.68. The van der Waals surface area contributed by atoms with Crippen LogP contribution in [0.5, 0.6) is 0 Å². The number of ether oxygens (including phenoxy) is 1. The number of carbonyl (C=O) groups is 1. The molecule has 118 valence electrons. The summed E-state index contributed by atoms with van der Waals surface area (Å²) in [5.41, 5.74) is 1.52. The van der Waals surface area contributed by atoms with Crippen LogP contribution in [-0.4, -0.2) is 17.6 Å². The largest absolute Gasteiger partial charge is 0.465 e. The molecule has 1 heterocycles. The molecule has 1 unspecified atom stereocenters. The van der Waals surface area contributed by atoms with Gasteiger partial charge in [0.25, 0.3) is 5.56 Å². The van der Waals surface area contributed by atoms with Crippen LogP contribution in [0.15, 0.2) is 10.9 Å². The van der Waals surface area contributed by atoms with E-state index in [9.17, 15) is 9.59 Å². The van der Waals surface area contributed by atoms with Crippen molar-refractivity contribution in [3.63, 3.8) is 0 Å². The van der Waals surface area contributed by atoms with E-state index in [1.54, 1.807) is 11.5 Å². The molecule has 1 aromatic rings. The average Bonchev–Trinajstić information content (AvgIpc) is 2.45. The van der Waals surface area contributed by atoms with Crippen LogP contribution in [0.3, 0.4) is 0 Å². The second-order valence-corrected chi connectivity index (χ2v) is 5.67. The average molecular weight is 293 g/mol. The number of hydrogen-bond donors (Lipinski definition) is 0. The van der Waals surface area contributed by atoms with E-state index in [1.807, 2.05) is 13.0 Å². The van der Waals surface area contributed by atoms with Gasteiger partial charge in [-0.25, -0.2) is 4.79 Å². The highest BCUT2D eigenvalue weighted by molar-refractivity contribution is 5.90. The molecule has 0 amide bonds. The first-order valence-corrected chi connectivity index (χ1v) is 7.75. The third kappa shape index (κ3) is 4.19. The van der Waals surface area contributed by atoms with Crippen LogP contribution in [-0.2, 0) is 11.3 Å². The van der Waals surface area contributed by atoms with Gasteiger partial charge in [-0.2, -0.15) is 0 Å². The second kappa shape index (κ2) is 8.01. The van der Waals surface area contributed by atoms with Crippen LogP contribution in [0.25, 0.3) is 0 Å². The minimum Gasteiger partial charge on any atom is -0.465 e. The van der Waals surface area contributed by atoms with Crippen LogP contribution in [0.4, 0.5) is 0 Å². The number of methoxy groups -OCH3 is 1. The molecule has 0 aromatic carbocycles. The molecule has 1 atom stereocenters. The Hall–Kier alpha value is -1.58. The van der Waals surface area contributed by atoms with Crippen molar-refractivity contribution in [2.24, 2.45) is 5.92 Å². The Kier molecular flexibility index (Phi) is 6.66. The van der Waals surface area contributed by atoms with Crippen molar-refractivity contribution in [3.05, 3.63) is 33.2 Å². The lowest BCUT2D eigenvalue weighted by Gasteiger charge is -2.19. The van der Waals surface area contributed by atoms with Crippen molar-refractivity contribution in [2.45, 2.75) is 59.9 Å². The van der Waals surface area contributed by atoms with E-state index in [4.69, 9.17) is 4.74 Å². The van der Waals surface area contributed by atoms with E-state index < -0.39 is 5.97 Å². The van der Waals surface area contributed by atoms with Crippen molar-refractivity contribution in [2.75, 3.05) is 7.11 Å². The first-order chi connectivity index (χ1) is 9.96. The number of pyridine rings is 1. The molecule has 0 saturated heterocycles. The molecule has 0 radical (unpaired) electrons. The number of carbonyl (C=O) groups excluding carboxylic acids is 1. The molecule has 21 heavy (non-hydrogen) atoms. The van der Waals surface area contributed by atoms with Gasteiger partial charge < -0.3 is 9.30 Å². The molecule has 0 N–H and O–H groups in total. The Labute approximate surface area is 127 Å². The van der Waals surface area contributed by atoms with E-state index in [0.717, 1.165) is 25.0 Å². The molecule has 1 rings (SSSR count). The van der Waals surface area contributed by atoms with E-state index >= 15 is 0 Å². The highest BCUT2D eigenvalue weighted by Crippen LogP contribution is 2.16. The standard InChI is InChI=1S/C17H27NO3/c1-6-8-9-14(7-2)11-18-13(4)10-12(3)15(16(18)19)17(20)21-5/h10,14H,6-9,11H2,1-5H3. The van der Waals surface area contributed by atoms with Gasteiger partial charge in [0.15, 0.2) is 0 Å². The lowest BCUT2D eigenvalue weighted by Crippen LogP contribution is -2.32. The fraction of sp³-hybridized carbons (Fsp3) is 0.647. The number of nitrogens with zero attached hydrogens (tertiary/aromatic N) is 1. The van der Waals surface area contributed by atoms with Crippen molar-refractivity contribution in [1.29, 1.82) is 0 Å². The lowest BCUT2D eigenvalue weighted by molar-refractivity contribution is 0.0597. The zero-order chi connectivity index (χ0) is 16.0. The maximum absolute atomic E-state index is 12.6. The van der Waals surface area contributed by atoms with Gasteiger partial charge in [-0.05, 0) is 37.8 Å². The molecule has 0 aliphatic carbocycles. The fourth-order valence-corrected chi connectivity index (χ4v) is 2.68. The van der Waals surface area contributed by atoms with Crippen molar-refractivity contribution in [1.82, 2.24) is 4.57 Å². The molecule has 0 bridgehead atoms. The summed E-state index contributed by atoms with van der Waals surface area (Å²) in [7, 11) is 1.31. The lowest BCUT2D eigenvalue weighted by atomic mass is 9.98. The quantitative estimate of drug-likeness (QED) is 0.723. The monoisotopic (exact) mass is 293 g/mol. The Balaban J connectivity index is 3.18. The molecular formula is C17H27NO3. The Morgan fingerprint density at radius 1 is 1.33 bits per heavy atom. The number of rotatable bonds is 7. The van der Waals surface area contributed by atoms with Gasteiger partial charge >= 0.3 is 5.97 Å². The molecular weight excluding hydrogens is 266 g/mol. The molecule has 0 fully saturated rings. The van der Waals surface area contributed by atoms with Gasteiger partial charge in [0.2, 0.25) is 0 Å². The second-order valence-electron chi connectivity index (χ2n) is 5.67. The van der Waals surface area contributed by atoms with E-state index in [1.165, 1.54) is 13.5 Å². The minimum atomic E-state index is -0.548. The van der Waals surface area contributed by atoms with Crippen LogP contribution >= 0.6 is 0 Å². The molecule has 0 aliphatic heterocycles. The predicted molar refractivity (Wildman–Crippen MR) is 84.8 cm³/mol. The smallest absolute Gasteiger partial charge is 0.343 e. The molecule has 1 aromatic heterocycles. The molecule has 4 heteroatoms. The van der Waals surface area contributed by atoms with Gasteiger partial charge in [0, 0.05) is 12.2 Å². The zero-order valence-corrected chi connectivity index (χ0v) is 13.9. The zero-order valence-electron chi connectivity index (χ0n) is 13.9. The molecule has 0 aliphatic rings. The van der Waals surface area contributed by atoms with Gasteiger partial charge in [0.05, 0.1) is 7.11 Å². The SMILES string of the molecule is CCCCC(CC)Cn1c(C)cc(C)c(C(=O)OC)c1=O. The predicted octanol–water partition coefficient (Wildman–Crippen LogP) is 3.47. The first kappa shape index (κ1) is 17.5. The summed E-state index contributed by atoms with van der Waals surface area (Å²) < 4.78 is 6.46. The summed E-state index contributed by atoms with van der Waals surface area (Å²) in [4.78, 5) is 24.4. The van der Waals surface area contributed by atoms with Crippen molar-refractivity contribution in [3.8, 4) is 0 Å². The summed E-state index contributed by atoms with van der Waals surface area (Å²) in [5, 5.41) is 0. The Morgan fingerprint density at radius 3 is 2.52 bits per heavy atom. The van der Waals surface area contributed by atoms with Crippen LogP contribution in [0.2, 0.25) is 0 Å². The van der Waals surface area contributed by atoms with Crippen LogP contribution in [0, 0.1) is 19.8 Å². The molecule has 4 nitrogen and oxygen atoms in total. The molecule has 0 spiro atoms. The highest BCUT2D eigenvalue weighted by atomic mass is 16.5. The van der Waals surface area contributed by atoms with Crippen molar-refractivity contribution < 1.29 is 9.53 Å². The minimum absolute atomic E-state index is 0.161. The summed E-state index contributed by atoms with van der Waals surface area (Å²) in [6.07, 6.45) is 4.47. The summed E-state index contributed by atoms with van der Waals surface area (Å²) >= 11 is 0. The van der Waals surface area contributed by atoms with Gasteiger partial charge in [-0.1, -0.05) is 33.1 Å². The maximum Gasteiger partial charge on any atom is 0.343 e. The third-order valence-electron chi connectivity index (χ3n) is 4.08. The first-order valence-electron chi connectivity index (χ1n) is 7.75. The van der Waals surface area contributed by atoms with E-state index in [-0.39, 0.29) is 11.1 Å². The number of aromatic nitrogens is 1. The summed E-state index contributed by atoms with van der Waals surface area (Å²) in [6, 6.07) is 1.89. The number of aryl methyl sites for hydroxylation is 2. The number of esters is 1.